The third kappa shape index (κ3) is 2.40. The van der Waals surface area contributed by atoms with E-state index in [0.717, 1.165) is 6.42 Å². The van der Waals surface area contributed by atoms with E-state index >= 15 is 0 Å². The molecule has 0 spiro atoms. The number of hydrogen-bond donors (Lipinski definition) is 0. The van der Waals surface area contributed by atoms with Gasteiger partial charge in [0.15, 0.2) is 0 Å². The lowest BCUT2D eigenvalue weighted by Gasteiger charge is -2.37. The molecule has 2 aliphatic rings. The van der Waals surface area contributed by atoms with Gasteiger partial charge >= 0.3 is 0 Å². The molecule has 21 heavy (non-hydrogen) atoms. The molecule has 0 aromatic heterocycles. The standard InChI is InChI=1S/C15H24N2O3S/c1-11(8-16)9-17(4)21(19,20)10-15-6-5-12(7-13(15)18)14(15,2)3/h11-12H,5-7,9-10H2,1-4H3. The molecule has 3 unspecified atom stereocenters. The molecule has 0 aromatic carbocycles. The number of fused-ring (bicyclic) bond motifs is 2. The molecular weight excluding hydrogens is 288 g/mol. The second-order valence-electron chi connectivity index (χ2n) is 7.23. The first kappa shape index (κ1) is 16.4. The summed E-state index contributed by atoms with van der Waals surface area (Å²) in [6.45, 7) is 5.93. The number of ketones is 1. The smallest absolute Gasteiger partial charge is 0.214 e. The Morgan fingerprint density at radius 1 is 1.48 bits per heavy atom. The molecule has 3 atom stereocenters. The van der Waals surface area contributed by atoms with E-state index in [2.05, 4.69) is 0 Å². The average molecular weight is 312 g/mol. The number of hydrogen-bond acceptors (Lipinski definition) is 4. The van der Waals surface area contributed by atoms with Crippen molar-refractivity contribution in [3.63, 3.8) is 0 Å². The molecule has 2 bridgehead atoms. The van der Waals surface area contributed by atoms with Crippen LogP contribution in [-0.4, -0.2) is 37.9 Å². The summed E-state index contributed by atoms with van der Waals surface area (Å²) in [5.74, 6) is -0.0553. The quantitative estimate of drug-likeness (QED) is 0.775. The van der Waals surface area contributed by atoms with Crippen LogP contribution in [0.15, 0.2) is 0 Å². The molecule has 0 aliphatic heterocycles. The van der Waals surface area contributed by atoms with Gasteiger partial charge < -0.3 is 0 Å². The molecule has 5 nitrogen and oxygen atoms in total. The fraction of sp³-hybridized carbons (Fsp3) is 0.867. The minimum Gasteiger partial charge on any atom is -0.299 e. The molecule has 0 heterocycles. The van der Waals surface area contributed by atoms with Gasteiger partial charge in [-0.1, -0.05) is 13.8 Å². The molecule has 0 amide bonds. The van der Waals surface area contributed by atoms with Gasteiger partial charge in [0, 0.05) is 25.4 Å². The van der Waals surface area contributed by atoms with Gasteiger partial charge in [0.1, 0.15) is 5.78 Å². The first-order valence-corrected chi connectivity index (χ1v) is 9.05. The van der Waals surface area contributed by atoms with Crippen molar-refractivity contribution >= 4 is 15.8 Å². The topological polar surface area (TPSA) is 78.2 Å². The lowest BCUT2D eigenvalue weighted by molar-refractivity contribution is -0.128. The summed E-state index contributed by atoms with van der Waals surface area (Å²) in [6.07, 6.45) is 2.12. The maximum absolute atomic E-state index is 12.6. The average Bonchev–Trinajstić information content (AvgIpc) is 2.71. The van der Waals surface area contributed by atoms with E-state index in [9.17, 15) is 13.2 Å². The Bertz CT molecular complexity index is 591. The molecule has 2 rings (SSSR count). The zero-order valence-electron chi connectivity index (χ0n) is 13.2. The summed E-state index contributed by atoms with van der Waals surface area (Å²) in [5.41, 5.74) is -0.987. The highest BCUT2D eigenvalue weighted by Crippen LogP contribution is 2.64. The van der Waals surface area contributed by atoms with Gasteiger partial charge in [0.25, 0.3) is 0 Å². The highest BCUT2D eigenvalue weighted by atomic mass is 32.2. The fourth-order valence-corrected chi connectivity index (χ4v) is 6.04. The highest BCUT2D eigenvalue weighted by molar-refractivity contribution is 7.89. The first-order valence-electron chi connectivity index (χ1n) is 7.44. The molecule has 2 saturated carbocycles. The van der Waals surface area contributed by atoms with Gasteiger partial charge in [0.05, 0.1) is 17.7 Å². The first-order chi connectivity index (χ1) is 9.57. The Morgan fingerprint density at radius 3 is 2.52 bits per heavy atom. The van der Waals surface area contributed by atoms with E-state index in [1.54, 1.807) is 6.92 Å². The molecule has 118 valence electrons. The summed E-state index contributed by atoms with van der Waals surface area (Å²) in [6, 6.07) is 2.05. The molecule has 6 heteroatoms. The minimum atomic E-state index is -3.54. The van der Waals surface area contributed by atoms with E-state index in [1.807, 2.05) is 19.9 Å². The SMILES string of the molecule is CC(C#N)CN(C)S(=O)(=O)CC12CCC(CC1=O)C2(C)C. The van der Waals surface area contributed by atoms with Crippen LogP contribution in [0.4, 0.5) is 0 Å². The van der Waals surface area contributed by atoms with E-state index in [1.165, 1.54) is 11.4 Å². The molecule has 0 radical (unpaired) electrons. The number of nitrogens with zero attached hydrogens (tertiary/aromatic N) is 2. The molecule has 0 saturated heterocycles. The predicted octanol–water partition coefficient (Wildman–Crippen LogP) is 1.80. The molecule has 0 N–H and O–H groups in total. The minimum absolute atomic E-state index is 0.106. The van der Waals surface area contributed by atoms with E-state index in [-0.39, 0.29) is 29.4 Å². The number of carbonyl (C=O) groups is 1. The number of nitriles is 1. The van der Waals surface area contributed by atoms with Crippen molar-refractivity contribution in [1.29, 1.82) is 5.26 Å². The van der Waals surface area contributed by atoms with Crippen LogP contribution in [-0.2, 0) is 14.8 Å². The third-order valence-electron chi connectivity index (χ3n) is 5.79. The number of rotatable bonds is 5. The van der Waals surface area contributed by atoms with Crippen molar-refractivity contribution in [3.05, 3.63) is 0 Å². The molecular formula is C15H24N2O3S. The van der Waals surface area contributed by atoms with Crippen LogP contribution >= 0.6 is 0 Å². The van der Waals surface area contributed by atoms with Crippen molar-refractivity contribution in [3.8, 4) is 6.07 Å². The monoisotopic (exact) mass is 312 g/mol. The summed E-state index contributed by atoms with van der Waals surface area (Å²) in [5, 5.41) is 8.84. The maximum atomic E-state index is 12.6. The van der Waals surface area contributed by atoms with Crippen LogP contribution in [0.5, 0.6) is 0 Å². The summed E-state index contributed by atoms with van der Waals surface area (Å²) in [4.78, 5) is 12.4. The summed E-state index contributed by atoms with van der Waals surface area (Å²) in [7, 11) is -2.04. The fourth-order valence-electron chi connectivity index (χ4n) is 4.07. The van der Waals surface area contributed by atoms with Crippen LogP contribution < -0.4 is 0 Å². The zero-order valence-corrected chi connectivity index (χ0v) is 14.0. The molecule has 2 aliphatic carbocycles. The van der Waals surface area contributed by atoms with Gasteiger partial charge in [-0.25, -0.2) is 12.7 Å². The van der Waals surface area contributed by atoms with Gasteiger partial charge in [-0.2, -0.15) is 5.26 Å². The van der Waals surface area contributed by atoms with E-state index in [0.29, 0.717) is 18.8 Å². The zero-order chi connectivity index (χ0) is 16.1. The number of Topliss-reactive ketones (excluding diaryl/α,β-unsaturated/α-hetero) is 1. The second kappa shape index (κ2) is 5.06. The van der Waals surface area contributed by atoms with Gasteiger partial charge in [-0.3, -0.25) is 4.79 Å². The van der Waals surface area contributed by atoms with Crippen LogP contribution in [0, 0.1) is 34.0 Å². The normalized spacial score (nSPS) is 32.4. The Morgan fingerprint density at radius 2 is 2.10 bits per heavy atom. The summed E-state index contributed by atoms with van der Waals surface area (Å²) >= 11 is 0. The van der Waals surface area contributed by atoms with E-state index < -0.39 is 15.4 Å². The Balaban J connectivity index is 2.24. The van der Waals surface area contributed by atoms with Gasteiger partial charge in [0.2, 0.25) is 10.0 Å². The van der Waals surface area contributed by atoms with Crippen molar-refractivity contribution in [1.82, 2.24) is 4.31 Å². The summed E-state index contributed by atoms with van der Waals surface area (Å²) < 4.78 is 26.5. The Kier molecular flexibility index (Phi) is 3.96. The third-order valence-corrected chi connectivity index (χ3v) is 7.75. The lowest BCUT2D eigenvalue weighted by Crippen LogP contribution is -2.46. The van der Waals surface area contributed by atoms with Crippen molar-refractivity contribution < 1.29 is 13.2 Å². The number of sulfonamides is 1. The van der Waals surface area contributed by atoms with Crippen LogP contribution in [0.3, 0.4) is 0 Å². The van der Waals surface area contributed by atoms with Crippen molar-refractivity contribution in [2.45, 2.75) is 40.0 Å². The van der Waals surface area contributed by atoms with Crippen LogP contribution in [0.2, 0.25) is 0 Å². The van der Waals surface area contributed by atoms with Crippen LogP contribution in [0.1, 0.15) is 40.0 Å². The number of carbonyl (C=O) groups excluding carboxylic acids is 1. The second-order valence-corrected chi connectivity index (χ2v) is 9.31. The van der Waals surface area contributed by atoms with Crippen molar-refractivity contribution in [2.24, 2.45) is 22.7 Å². The molecule has 0 aromatic rings. The van der Waals surface area contributed by atoms with Gasteiger partial charge in [-0.05, 0) is 31.1 Å². The maximum Gasteiger partial charge on any atom is 0.214 e. The largest absolute Gasteiger partial charge is 0.299 e. The lowest BCUT2D eigenvalue weighted by atomic mass is 9.70. The van der Waals surface area contributed by atoms with Crippen molar-refractivity contribution in [2.75, 3.05) is 19.3 Å². The Labute approximate surface area is 127 Å². The Hall–Kier alpha value is -0.930. The predicted molar refractivity (Wildman–Crippen MR) is 79.8 cm³/mol. The highest BCUT2D eigenvalue weighted by Gasteiger charge is 2.65. The van der Waals surface area contributed by atoms with E-state index in [4.69, 9.17) is 5.26 Å². The molecule has 2 fully saturated rings. The van der Waals surface area contributed by atoms with Gasteiger partial charge in [-0.15, -0.1) is 0 Å². The van der Waals surface area contributed by atoms with Crippen LogP contribution in [0.25, 0.3) is 0 Å².